The van der Waals surface area contributed by atoms with E-state index in [0.717, 1.165) is 42.2 Å². The van der Waals surface area contributed by atoms with Gasteiger partial charge in [0, 0.05) is 30.1 Å². The quantitative estimate of drug-likeness (QED) is 0.784. The van der Waals surface area contributed by atoms with Crippen molar-refractivity contribution < 1.29 is 13.2 Å². The average molecular weight is 393 g/mol. The van der Waals surface area contributed by atoms with E-state index in [1.54, 1.807) is 9.82 Å². The second-order valence-corrected chi connectivity index (χ2v) is 10.2. The van der Waals surface area contributed by atoms with Crippen LogP contribution < -0.4 is 0 Å². The van der Waals surface area contributed by atoms with Crippen molar-refractivity contribution in [3.8, 4) is 0 Å². The topological polar surface area (TPSA) is 59.5 Å². The number of sulfonamides is 1. The Balaban J connectivity index is 1.57. The lowest BCUT2D eigenvalue weighted by Crippen LogP contribution is -2.62. The summed E-state index contributed by atoms with van der Waals surface area (Å²) in [4.78, 5) is 5.28. The van der Waals surface area contributed by atoms with Crippen molar-refractivity contribution in [3.63, 3.8) is 0 Å². The summed E-state index contributed by atoms with van der Waals surface area (Å²) in [7, 11) is -3.32. The third-order valence-electron chi connectivity index (χ3n) is 5.73. The van der Waals surface area contributed by atoms with Crippen molar-refractivity contribution in [2.45, 2.75) is 32.2 Å². The minimum Gasteiger partial charge on any atom is -0.381 e. The molecule has 2 saturated heterocycles. The van der Waals surface area contributed by atoms with Crippen LogP contribution in [0, 0.1) is 12.3 Å². The highest BCUT2D eigenvalue weighted by Gasteiger charge is 2.57. The Morgan fingerprint density at radius 1 is 1.27 bits per heavy atom. The van der Waals surface area contributed by atoms with Crippen molar-refractivity contribution >= 4 is 21.4 Å². The smallest absolute Gasteiger partial charge is 0.215 e. The molecule has 2 fully saturated rings. The van der Waals surface area contributed by atoms with E-state index in [1.807, 2.05) is 25.1 Å². The number of hydrogen-bond donors (Lipinski definition) is 0. The lowest BCUT2D eigenvalue weighted by molar-refractivity contribution is -0.0952. The van der Waals surface area contributed by atoms with Gasteiger partial charge in [0.1, 0.15) is 0 Å². The molecule has 140 valence electrons. The Hall–Kier alpha value is -1.28. The van der Waals surface area contributed by atoms with Crippen molar-refractivity contribution in [1.82, 2.24) is 9.29 Å². The molecule has 1 unspecified atom stereocenters. The van der Waals surface area contributed by atoms with E-state index in [4.69, 9.17) is 4.74 Å². The van der Waals surface area contributed by atoms with Gasteiger partial charge in [0.15, 0.2) is 0 Å². The maximum Gasteiger partial charge on any atom is 0.215 e. The zero-order chi connectivity index (χ0) is 18.2. The van der Waals surface area contributed by atoms with Crippen molar-refractivity contribution in [3.05, 3.63) is 52.0 Å². The summed E-state index contributed by atoms with van der Waals surface area (Å²) in [5.74, 6) is 0.145. The minimum absolute atomic E-state index is 0.0209. The number of benzene rings is 1. The van der Waals surface area contributed by atoms with E-state index in [0.29, 0.717) is 13.0 Å². The van der Waals surface area contributed by atoms with E-state index in [1.165, 1.54) is 11.3 Å². The van der Waals surface area contributed by atoms with Crippen LogP contribution in [-0.4, -0.2) is 43.2 Å². The number of hydrogen-bond acceptors (Lipinski definition) is 5. The zero-order valence-corrected chi connectivity index (χ0v) is 16.6. The number of aromatic nitrogens is 1. The number of thiazole rings is 1. The van der Waals surface area contributed by atoms with Gasteiger partial charge in [-0.15, -0.1) is 11.3 Å². The second-order valence-electron chi connectivity index (χ2n) is 7.26. The van der Waals surface area contributed by atoms with E-state index in [-0.39, 0.29) is 17.2 Å². The summed E-state index contributed by atoms with van der Waals surface area (Å²) in [6.45, 7) is 3.99. The fourth-order valence-electron chi connectivity index (χ4n) is 4.21. The molecule has 2 aromatic rings. The van der Waals surface area contributed by atoms with Gasteiger partial charge in [0.25, 0.3) is 0 Å². The van der Waals surface area contributed by atoms with E-state index in [9.17, 15) is 8.42 Å². The third-order valence-corrected chi connectivity index (χ3v) is 8.50. The van der Waals surface area contributed by atoms with Gasteiger partial charge in [0.2, 0.25) is 10.0 Å². The van der Waals surface area contributed by atoms with Gasteiger partial charge in [-0.1, -0.05) is 30.3 Å². The molecule has 1 aromatic heterocycles. The highest BCUT2D eigenvalue weighted by atomic mass is 32.2. The lowest BCUT2D eigenvalue weighted by Gasteiger charge is -2.58. The largest absolute Gasteiger partial charge is 0.381 e. The first-order valence-electron chi connectivity index (χ1n) is 9.03. The molecule has 0 bridgehead atoms. The molecule has 26 heavy (non-hydrogen) atoms. The molecular formula is C19H24N2O3S2. The summed E-state index contributed by atoms with van der Waals surface area (Å²) in [5.41, 5.74) is 3.84. The summed E-state index contributed by atoms with van der Waals surface area (Å²) in [6.07, 6.45) is 2.38. The van der Waals surface area contributed by atoms with Crippen LogP contribution in [0.15, 0.2) is 35.8 Å². The van der Waals surface area contributed by atoms with E-state index < -0.39 is 10.0 Å². The normalized spacial score (nSPS) is 23.0. The summed E-state index contributed by atoms with van der Waals surface area (Å²) in [6, 6.07) is 10.00. The molecule has 7 heteroatoms. The molecule has 3 heterocycles. The molecule has 1 spiro atoms. The van der Waals surface area contributed by atoms with E-state index >= 15 is 0 Å². The first kappa shape index (κ1) is 18.1. The predicted octanol–water partition coefficient (Wildman–Crippen LogP) is 3.18. The average Bonchev–Trinajstić information content (AvgIpc) is 3.05. The van der Waals surface area contributed by atoms with Gasteiger partial charge >= 0.3 is 0 Å². The molecule has 5 nitrogen and oxygen atoms in total. The molecule has 0 saturated carbocycles. The van der Waals surface area contributed by atoms with Crippen LogP contribution >= 0.6 is 11.3 Å². The highest BCUT2D eigenvalue weighted by Crippen LogP contribution is 2.55. The molecular weight excluding hydrogens is 368 g/mol. The van der Waals surface area contributed by atoms with Crippen LogP contribution in [0.3, 0.4) is 0 Å². The first-order valence-corrected chi connectivity index (χ1v) is 11.5. The molecule has 0 aliphatic carbocycles. The fraction of sp³-hybridized carbons (Fsp3) is 0.526. The van der Waals surface area contributed by atoms with Gasteiger partial charge in [-0.3, -0.25) is 0 Å². The van der Waals surface area contributed by atoms with Crippen LogP contribution in [0.5, 0.6) is 0 Å². The van der Waals surface area contributed by atoms with Gasteiger partial charge in [-0.2, -0.15) is 4.31 Å². The molecule has 0 radical (unpaired) electrons. The standard InChI is InChI=1S/C19H24N2O3S2/c1-15-17(25-14-20-15)7-12-26(22,23)21-13-19(8-10-24-11-9-19)18(21)16-5-3-2-4-6-16/h2-6,14,18H,7-13H2,1H3. The van der Waals surface area contributed by atoms with Gasteiger partial charge in [0.05, 0.1) is 23.0 Å². The Kier molecular flexibility index (Phi) is 4.90. The van der Waals surface area contributed by atoms with Crippen molar-refractivity contribution in [1.29, 1.82) is 0 Å². The molecule has 4 rings (SSSR count). The SMILES string of the molecule is Cc1ncsc1CCS(=O)(=O)N1CC2(CCOCC2)C1c1ccccc1. The molecule has 0 amide bonds. The molecule has 2 aliphatic rings. The van der Waals surface area contributed by atoms with Gasteiger partial charge in [-0.25, -0.2) is 13.4 Å². The lowest BCUT2D eigenvalue weighted by atomic mass is 9.65. The number of rotatable bonds is 5. The molecule has 2 aliphatic heterocycles. The second kappa shape index (κ2) is 7.03. The number of aryl methyl sites for hydroxylation is 2. The fourth-order valence-corrected chi connectivity index (χ4v) is 6.94. The van der Waals surface area contributed by atoms with Gasteiger partial charge in [-0.05, 0) is 31.7 Å². The Morgan fingerprint density at radius 2 is 2.00 bits per heavy atom. The van der Waals surface area contributed by atoms with Crippen LogP contribution in [0.1, 0.15) is 35.0 Å². The summed E-state index contributed by atoms with van der Waals surface area (Å²) in [5, 5.41) is 0. The van der Waals surface area contributed by atoms with E-state index in [2.05, 4.69) is 17.1 Å². The minimum atomic E-state index is -3.32. The Bertz CT molecular complexity index is 858. The van der Waals surface area contributed by atoms with Crippen LogP contribution in [0.4, 0.5) is 0 Å². The Morgan fingerprint density at radius 3 is 2.65 bits per heavy atom. The number of nitrogens with zero attached hydrogens (tertiary/aromatic N) is 2. The number of ether oxygens (including phenoxy) is 1. The molecule has 1 aromatic carbocycles. The summed E-state index contributed by atoms with van der Waals surface area (Å²) < 4.78 is 33.5. The highest BCUT2D eigenvalue weighted by molar-refractivity contribution is 7.89. The Labute approximate surface area is 159 Å². The predicted molar refractivity (Wildman–Crippen MR) is 103 cm³/mol. The third kappa shape index (κ3) is 3.22. The summed E-state index contributed by atoms with van der Waals surface area (Å²) >= 11 is 1.54. The molecule has 0 N–H and O–H groups in total. The van der Waals surface area contributed by atoms with Gasteiger partial charge < -0.3 is 4.74 Å². The monoisotopic (exact) mass is 392 g/mol. The maximum atomic E-state index is 13.1. The maximum absolute atomic E-state index is 13.1. The van der Waals surface area contributed by atoms with Crippen LogP contribution in [0.2, 0.25) is 0 Å². The zero-order valence-electron chi connectivity index (χ0n) is 14.9. The van der Waals surface area contributed by atoms with Crippen LogP contribution in [0.25, 0.3) is 0 Å². The van der Waals surface area contributed by atoms with Crippen molar-refractivity contribution in [2.24, 2.45) is 5.41 Å². The molecule has 1 atom stereocenters. The van der Waals surface area contributed by atoms with Crippen LogP contribution in [-0.2, 0) is 21.2 Å². The van der Waals surface area contributed by atoms with Crippen molar-refractivity contribution in [2.75, 3.05) is 25.5 Å². The first-order chi connectivity index (χ1) is 12.5.